The molecule has 6 heteroatoms. The molecule has 0 radical (unpaired) electrons. The molecule has 0 bridgehead atoms. The van der Waals surface area contributed by atoms with E-state index in [0.717, 1.165) is 0 Å². The number of amides is 2. The molecule has 86 valence electrons. The molecule has 1 aliphatic rings. The highest BCUT2D eigenvalue weighted by Gasteiger charge is 2.28. The number of ether oxygens (including phenoxy) is 1. The fourth-order valence-corrected chi connectivity index (χ4v) is 1.43. The molecule has 2 amide bonds. The van der Waals surface area contributed by atoms with Crippen molar-refractivity contribution in [2.45, 2.75) is 12.5 Å². The van der Waals surface area contributed by atoms with Crippen LogP contribution in [0, 0.1) is 0 Å². The van der Waals surface area contributed by atoms with Gasteiger partial charge in [0.1, 0.15) is 0 Å². The number of β-amino-alcohol motifs (C(OH)–C–C–N with tert-alkyl or cyclic N) is 1. The Morgan fingerprint density at radius 2 is 2.47 bits per heavy atom. The smallest absolute Gasteiger partial charge is 0.239 e. The van der Waals surface area contributed by atoms with Crippen LogP contribution in [0.1, 0.15) is 6.42 Å². The van der Waals surface area contributed by atoms with Crippen LogP contribution in [-0.4, -0.2) is 61.3 Å². The first-order valence-corrected chi connectivity index (χ1v) is 4.85. The highest BCUT2D eigenvalue weighted by atomic mass is 16.5. The van der Waals surface area contributed by atoms with Crippen LogP contribution in [0.2, 0.25) is 0 Å². The lowest BCUT2D eigenvalue weighted by Gasteiger charge is -2.14. The standard InChI is InChI=1S/C9H16N2O4/c1-15-3-2-10-8(13)6-11-5-7(12)4-9(11)14/h7,12H,2-6H2,1H3,(H,10,13). The molecular weight excluding hydrogens is 200 g/mol. The molecule has 0 aromatic heterocycles. The fraction of sp³-hybridized carbons (Fsp3) is 0.778. The number of nitrogens with one attached hydrogen (secondary N) is 1. The summed E-state index contributed by atoms with van der Waals surface area (Å²) in [5, 5.41) is 11.8. The van der Waals surface area contributed by atoms with Crippen LogP contribution >= 0.6 is 0 Å². The number of aliphatic hydroxyl groups is 1. The highest BCUT2D eigenvalue weighted by Crippen LogP contribution is 2.09. The third-order valence-electron chi connectivity index (χ3n) is 2.16. The Morgan fingerprint density at radius 3 is 3.00 bits per heavy atom. The van der Waals surface area contributed by atoms with E-state index in [0.29, 0.717) is 13.2 Å². The van der Waals surface area contributed by atoms with Gasteiger partial charge < -0.3 is 20.1 Å². The van der Waals surface area contributed by atoms with Crippen molar-refractivity contribution < 1.29 is 19.4 Å². The molecule has 1 rings (SSSR count). The first kappa shape index (κ1) is 11.9. The number of methoxy groups -OCH3 is 1. The van der Waals surface area contributed by atoms with Gasteiger partial charge in [0.15, 0.2) is 0 Å². The first-order valence-electron chi connectivity index (χ1n) is 4.85. The average Bonchev–Trinajstić information content (AvgIpc) is 2.45. The van der Waals surface area contributed by atoms with E-state index in [1.165, 1.54) is 4.90 Å². The molecule has 1 unspecified atom stereocenters. The molecule has 1 aliphatic heterocycles. The van der Waals surface area contributed by atoms with Crippen LogP contribution in [0.5, 0.6) is 0 Å². The van der Waals surface area contributed by atoms with E-state index >= 15 is 0 Å². The van der Waals surface area contributed by atoms with Gasteiger partial charge in [-0.3, -0.25) is 9.59 Å². The minimum absolute atomic E-state index is 0.0135. The van der Waals surface area contributed by atoms with Gasteiger partial charge in [-0.15, -0.1) is 0 Å². The lowest BCUT2D eigenvalue weighted by molar-refractivity contribution is -0.133. The number of hydrogen-bond donors (Lipinski definition) is 2. The van der Waals surface area contributed by atoms with Gasteiger partial charge in [-0.1, -0.05) is 0 Å². The Balaban J connectivity index is 2.23. The number of hydrogen-bond acceptors (Lipinski definition) is 4. The molecule has 1 saturated heterocycles. The topological polar surface area (TPSA) is 78.9 Å². The third kappa shape index (κ3) is 3.85. The minimum atomic E-state index is -0.635. The maximum atomic E-state index is 11.3. The molecule has 15 heavy (non-hydrogen) atoms. The van der Waals surface area contributed by atoms with Gasteiger partial charge in [-0.2, -0.15) is 0 Å². The van der Waals surface area contributed by atoms with Crippen LogP contribution in [0.25, 0.3) is 0 Å². The Morgan fingerprint density at radius 1 is 1.73 bits per heavy atom. The van der Waals surface area contributed by atoms with Crippen LogP contribution in [0.4, 0.5) is 0 Å². The van der Waals surface area contributed by atoms with Crippen molar-refractivity contribution in [3.8, 4) is 0 Å². The number of aliphatic hydroxyl groups excluding tert-OH is 1. The third-order valence-corrected chi connectivity index (χ3v) is 2.16. The van der Waals surface area contributed by atoms with Gasteiger partial charge in [-0.05, 0) is 0 Å². The number of nitrogens with zero attached hydrogens (tertiary/aromatic N) is 1. The van der Waals surface area contributed by atoms with Gasteiger partial charge in [0, 0.05) is 20.2 Å². The maximum Gasteiger partial charge on any atom is 0.239 e. The predicted octanol–water partition coefficient (Wildman–Crippen LogP) is -1.66. The first-order chi connectivity index (χ1) is 7.13. The summed E-state index contributed by atoms with van der Waals surface area (Å²) >= 11 is 0. The maximum absolute atomic E-state index is 11.3. The quantitative estimate of drug-likeness (QED) is 0.539. The second-order valence-corrected chi connectivity index (χ2v) is 3.47. The van der Waals surface area contributed by atoms with Crippen LogP contribution < -0.4 is 5.32 Å². The molecule has 0 spiro atoms. The van der Waals surface area contributed by atoms with Crippen molar-refractivity contribution in [1.82, 2.24) is 10.2 Å². The van der Waals surface area contributed by atoms with Crippen LogP contribution in [0.3, 0.4) is 0 Å². The average molecular weight is 216 g/mol. The number of rotatable bonds is 5. The van der Waals surface area contributed by atoms with E-state index in [4.69, 9.17) is 4.74 Å². The fourth-order valence-electron chi connectivity index (χ4n) is 1.43. The Bertz CT molecular complexity index is 244. The summed E-state index contributed by atoms with van der Waals surface area (Å²) in [7, 11) is 1.55. The number of carbonyl (C=O) groups excluding carboxylic acids is 2. The summed E-state index contributed by atoms with van der Waals surface area (Å²) < 4.78 is 4.77. The lowest BCUT2D eigenvalue weighted by atomic mass is 10.3. The molecular formula is C9H16N2O4. The summed E-state index contributed by atoms with van der Waals surface area (Å²) in [6.45, 7) is 1.14. The Kier molecular flexibility index (Phi) is 4.51. The Hall–Kier alpha value is -1.14. The molecule has 0 saturated carbocycles. The van der Waals surface area contributed by atoms with Gasteiger partial charge in [0.25, 0.3) is 0 Å². The van der Waals surface area contributed by atoms with Gasteiger partial charge in [0.2, 0.25) is 11.8 Å². The van der Waals surface area contributed by atoms with E-state index < -0.39 is 6.10 Å². The zero-order valence-electron chi connectivity index (χ0n) is 8.73. The zero-order valence-corrected chi connectivity index (χ0v) is 8.73. The molecule has 1 fully saturated rings. The van der Waals surface area contributed by atoms with Crippen molar-refractivity contribution in [2.75, 3.05) is 33.4 Å². The largest absolute Gasteiger partial charge is 0.391 e. The molecule has 2 N–H and O–H groups in total. The second-order valence-electron chi connectivity index (χ2n) is 3.47. The van der Waals surface area contributed by atoms with E-state index in [9.17, 15) is 14.7 Å². The highest BCUT2D eigenvalue weighted by molar-refractivity contribution is 5.86. The summed E-state index contributed by atoms with van der Waals surface area (Å²) in [5.41, 5.74) is 0. The monoisotopic (exact) mass is 216 g/mol. The summed E-state index contributed by atoms with van der Waals surface area (Å²) in [4.78, 5) is 23.8. The van der Waals surface area contributed by atoms with E-state index in [1.54, 1.807) is 7.11 Å². The normalized spacial score (nSPS) is 20.8. The molecule has 0 aromatic carbocycles. The lowest BCUT2D eigenvalue weighted by Crippen LogP contribution is -2.39. The van der Waals surface area contributed by atoms with E-state index in [-0.39, 0.29) is 31.3 Å². The predicted molar refractivity (Wildman–Crippen MR) is 52.1 cm³/mol. The van der Waals surface area contributed by atoms with Gasteiger partial charge in [0.05, 0.1) is 25.7 Å². The van der Waals surface area contributed by atoms with Crippen LogP contribution in [0.15, 0.2) is 0 Å². The molecule has 1 heterocycles. The van der Waals surface area contributed by atoms with Crippen molar-refractivity contribution in [3.05, 3.63) is 0 Å². The molecule has 0 aliphatic carbocycles. The minimum Gasteiger partial charge on any atom is -0.391 e. The van der Waals surface area contributed by atoms with Crippen molar-refractivity contribution in [1.29, 1.82) is 0 Å². The molecule has 0 aromatic rings. The molecule has 1 atom stereocenters. The van der Waals surface area contributed by atoms with E-state index in [2.05, 4.69) is 5.32 Å². The van der Waals surface area contributed by atoms with E-state index in [1.807, 2.05) is 0 Å². The van der Waals surface area contributed by atoms with Crippen molar-refractivity contribution in [2.24, 2.45) is 0 Å². The van der Waals surface area contributed by atoms with Crippen molar-refractivity contribution in [3.63, 3.8) is 0 Å². The summed E-state index contributed by atoms with van der Waals surface area (Å²) in [5.74, 6) is -0.404. The summed E-state index contributed by atoms with van der Waals surface area (Å²) in [6, 6.07) is 0. The van der Waals surface area contributed by atoms with Crippen LogP contribution in [-0.2, 0) is 14.3 Å². The Labute approximate surface area is 88.2 Å². The summed E-state index contributed by atoms with van der Waals surface area (Å²) in [6.07, 6.45) is -0.519. The van der Waals surface area contributed by atoms with Gasteiger partial charge in [-0.25, -0.2) is 0 Å². The second kappa shape index (κ2) is 5.67. The zero-order chi connectivity index (χ0) is 11.3. The van der Waals surface area contributed by atoms with Gasteiger partial charge >= 0.3 is 0 Å². The number of carbonyl (C=O) groups is 2. The van der Waals surface area contributed by atoms with Crippen molar-refractivity contribution >= 4 is 11.8 Å². The molecule has 6 nitrogen and oxygen atoms in total. The SMILES string of the molecule is COCCNC(=O)CN1CC(O)CC1=O. The number of likely N-dealkylation sites (tertiary alicyclic amines) is 1.